The van der Waals surface area contributed by atoms with Crippen molar-refractivity contribution < 1.29 is 9.31 Å². The second-order valence-electron chi connectivity index (χ2n) is 3.97. The summed E-state index contributed by atoms with van der Waals surface area (Å²) in [6, 6.07) is 4.20. The predicted molar refractivity (Wildman–Crippen MR) is 71.2 cm³/mol. The van der Waals surface area contributed by atoms with Crippen molar-refractivity contribution in [2.45, 2.75) is 13.5 Å². The smallest absolute Gasteiger partial charge is 0.333 e. The van der Waals surface area contributed by atoms with Gasteiger partial charge in [-0.1, -0.05) is 15.9 Å². The van der Waals surface area contributed by atoms with Gasteiger partial charge in [0.25, 0.3) is 0 Å². The quantitative estimate of drug-likeness (QED) is 0.693. The van der Waals surface area contributed by atoms with E-state index in [0.717, 1.165) is 0 Å². The topological polar surface area (TPSA) is 87.0 Å². The molecule has 0 spiro atoms. The maximum absolute atomic E-state index is 13.2. The molecule has 0 aliphatic heterocycles. The Balaban J connectivity index is 2.42. The first-order valence-corrected chi connectivity index (χ1v) is 6.10. The van der Waals surface area contributed by atoms with Crippen LogP contribution in [0, 0.1) is 22.9 Å². The van der Waals surface area contributed by atoms with E-state index in [1.165, 1.54) is 23.7 Å². The zero-order valence-corrected chi connectivity index (χ0v) is 11.5. The maximum atomic E-state index is 13.2. The third kappa shape index (κ3) is 2.58. The number of nitrogens with zero attached hydrogens (tertiary/aromatic N) is 3. The van der Waals surface area contributed by atoms with E-state index in [1.807, 2.05) is 0 Å². The Morgan fingerprint density at radius 3 is 2.84 bits per heavy atom. The lowest BCUT2D eigenvalue weighted by Gasteiger charge is -2.06. The van der Waals surface area contributed by atoms with Crippen molar-refractivity contribution in [2.75, 3.05) is 5.73 Å². The summed E-state index contributed by atoms with van der Waals surface area (Å²) in [6.07, 6.45) is 0. The molecule has 8 heteroatoms. The highest BCUT2D eigenvalue weighted by Gasteiger charge is 2.23. The molecule has 19 heavy (non-hydrogen) atoms. The molecule has 100 valence electrons. The molecule has 0 radical (unpaired) electrons. The number of nitrogen functional groups attached to an aromatic ring is 1. The molecule has 0 saturated carbocycles. The molecule has 2 rings (SSSR count). The molecular weight excluding hydrogens is 319 g/mol. The van der Waals surface area contributed by atoms with E-state index in [1.54, 1.807) is 6.07 Å². The summed E-state index contributed by atoms with van der Waals surface area (Å²) >= 11 is 3.28. The van der Waals surface area contributed by atoms with Crippen molar-refractivity contribution in [1.29, 1.82) is 0 Å². The fourth-order valence-electron chi connectivity index (χ4n) is 1.76. The zero-order chi connectivity index (χ0) is 14.2. The minimum atomic E-state index is -0.575. The molecule has 0 saturated heterocycles. The highest BCUT2D eigenvalue weighted by molar-refractivity contribution is 9.10. The number of anilines is 1. The van der Waals surface area contributed by atoms with Crippen LogP contribution < -0.4 is 5.73 Å². The van der Waals surface area contributed by atoms with Gasteiger partial charge in [-0.3, -0.25) is 10.1 Å². The Hall–Kier alpha value is -1.96. The number of nitrogens with two attached hydrogens (primary N) is 1. The summed E-state index contributed by atoms with van der Waals surface area (Å²) < 4.78 is 15.1. The first kappa shape index (κ1) is 13.5. The van der Waals surface area contributed by atoms with Crippen LogP contribution in [-0.2, 0) is 6.54 Å². The average Bonchev–Trinajstić information content (AvgIpc) is 2.59. The van der Waals surface area contributed by atoms with Gasteiger partial charge in [-0.15, -0.1) is 0 Å². The van der Waals surface area contributed by atoms with Crippen LogP contribution in [0.5, 0.6) is 0 Å². The third-order valence-electron chi connectivity index (χ3n) is 2.64. The molecule has 0 fully saturated rings. The Morgan fingerprint density at radius 2 is 2.26 bits per heavy atom. The molecule has 0 unspecified atom stereocenters. The number of hydrogen-bond acceptors (Lipinski definition) is 4. The molecule has 0 aliphatic rings. The van der Waals surface area contributed by atoms with Gasteiger partial charge in [0.1, 0.15) is 11.5 Å². The molecule has 1 aromatic carbocycles. The van der Waals surface area contributed by atoms with Gasteiger partial charge in [0.05, 0.1) is 11.5 Å². The molecule has 1 aromatic heterocycles. The van der Waals surface area contributed by atoms with Gasteiger partial charge >= 0.3 is 5.69 Å². The normalized spacial score (nSPS) is 10.7. The van der Waals surface area contributed by atoms with E-state index in [9.17, 15) is 14.5 Å². The fourth-order valence-corrected chi connectivity index (χ4v) is 2.13. The van der Waals surface area contributed by atoms with Gasteiger partial charge in [-0.25, -0.2) is 9.07 Å². The van der Waals surface area contributed by atoms with Gasteiger partial charge in [0.15, 0.2) is 0 Å². The van der Waals surface area contributed by atoms with Crippen LogP contribution in [0.3, 0.4) is 0 Å². The summed E-state index contributed by atoms with van der Waals surface area (Å²) in [5.41, 5.74) is 6.31. The number of halogens is 2. The van der Waals surface area contributed by atoms with E-state index in [-0.39, 0.29) is 23.7 Å². The number of aromatic nitrogens is 2. The van der Waals surface area contributed by atoms with Crippen LogP contribution in [0.25, 0.3) is 0 Å². The number of aryl methyl sites for hydroxylation is 1. The van der Waals surface area contributed by atoms with Crippen molar-refractivity contribution in [3.8, 4) is 0 Å². The van der Waals surface area contributed by atoms with Gasteiger partial charge in [-0.05, 0) is 30.7 Å². The molecule has 2 N–H and O–H groups in total. The Labute approximate surface area is 116 Å². The van der Waals surface area contributed by atoms with Crippen LogP contribution in [0.2, 0.25) is 0 Å². The number of nitro groups is 1. The number of hydrogen-bond donors (Lipinski definition) is 1. The SMILES string of the molecule is Cc1nn(Cc2cc(F)ccc2Br)c(N)c1[N+](=O)[O-]. The van der Waals surface area contributed by atoms with Crippen LogP contribution in [0.15, 0.2) is 22.7 Å². The molecule has 0 amide bonds. The average molecular weight is 329 g/mol. The van der Waals surface area contributed by atoms with Crippen LogP contribution in [0.4, 0.5) is 15.9 Å². The predicted octanol–water partition coefficient (Wildman–Crippen LogP) is 2.63. The summed E-state index contributed by atoms with van der Waals surface area (Å²) in [6.45, 7) is 1.66. The molecular formula is C11H10BrFN4O2. The highest BCUT2D eigenvalue weighted by atomic mass is 79.9. The van der Waals surface area contributed by atoms with Gasteiger partial charge in [0, 0.05) is 4.47 Å². The van der Waals surface area contributed by atoms with Gasteiger partial charge < -0.3 is 5.73 Å². The number of rotatable bonds is 3. The largest absolute Gasteiger partial charge is 0.378 e. The standard InChI is InChI=1S/C11H10BrFN4O2/c1-6-10(17(18)19)11(14)16(15-6)5-7-4-8(13)2-3-9(7)12/h2-4H,5,14H2,1H3. The Morgan fingerprint density at radius 1 is 1.58 bits per heavy atom. The van der Waals surface area contributed by atoms with Crippen LogP contribution >= 0.6 is 15.9 Å². The first-order chi connectivity index (χ1) is 8.90. The third-order valence-corrected chi connectivity index (χ3v) is 3.42. The molecule has 1 heterocycles. The Kier molecular flexibility index (Phi) is 3.52. The lowest BCUT2D eigenvalue weighted by Crippen LogP contribution is -2.07. The van der Waals surface area contributed by atoms with E-state index >= 15 is 0 Å². The summed E-state index contributed by atoms with van der Waals surface area (Å²) in [7, 11) is 0. The second kappa shape index (κ2) is 4.96. The van der Waals surface area contributed by atoms with Crippen molar-refractivity contribution in [2.24, 2.45) is 0 Å². The van der Waals surface area contributed by atoms with E-state index < -0.39 is 10.7 Å². The van der Waals surface area contributed by atoms with E-state index in [2.05, 4.69) is 21.0 Å². The first-order valence-electron chi connectivity index (χ1n) is 5.31. The van der Waals surface area contributed by atoms with Crippen molar-refractivity contribution in [1.82, 2.24) is 9.78 Å². The van der Waals surface area contributed by atoms with Gasteiger partial charge in [0.2, 0.25) is 5.82 Å². The summed E-state index contributed by atoms with van der Waals surface area (Å²) in [5.74, 6) is -0.436. The fraction of sp³-hybridized carbons (Fsp3) is 0.182. The minimum Gasteiger partial charge on any atom is -0.378 e. The second-order valence-corrected chi connectivity index (χ2v) is 4.82. The lowest BCUT2D eigenvalue weighted by atomic mass is 10.2. The molecule has 2 aromatic rings. The van der Waals surface area contributed by atoms with Gasteiger partial charge in [-0.2, -0.15) is 5.10 Å². The van der Waals surface area contributed by atoms with Crippen molar-refractivity contribution >= 4 is 27.4 Å². The zero-order valence-electron chi connectivity index (χ0n) is 9.93. The van der Waals surface area contributed by atoms with Crippen molar-refractivity contribution in [3.05, 3.63) is 49.9 Å². The van der Waals surface area contributed by atoms with E-state index in [4.69, 9.17) is 5.73 Å². The molecule has 0 bridgehead atoms. The maximum Gasteiger partial charge on any atom is 0.333 e. The highest BCUT2D eigenvalue weighted by Crippen LogP contribution is 2.27. The summed E-state index contributed by atoms with van der Waals surface area (Å²) in [5, 5.41) is 14.8. The Bertz CT molecular complexity index is 656. The molecule has 6 nitrogen and oxygen atoms in total. The van der Waals surface area contributed by atoms with E-state index in [0.29, 0.717) is 10.0 Å². The number of benzene rings is 1. The summed E-state index contributed by atoms with van der Waals surface area (Å²) in [4.78, 5) is 10.3. The van der Waals surface area contributed by atoms with Crippen molar-refractivity contribution in [3.63, 3.8) is 0 Å². The monoisotopic (exact) mass is 328 g/mol. The molecule has 0 aliphatic carbocycles. The van der Waals surface area contributed by atoms with Crippen LogP contribution in [0.1, 0.15) is 11.3 Å². The molecule has 0 atom stereocenters. The minimum absolute atomic E-state index is 0.0429. The van der Waals surface area contributed by atoms with Crippen LogP contribution in [-0.4, -0.2) is 14.7 Å². The lowest BCUT2D eigenvalue weighted by molar-refractivity contribution is -0.384.